The lowest BCUT2D eigenvalue weighted by Gasteiger charge is -2.31. The number of pyridine rings is 1. The predicted molar refractivity (Wildman–Crippen MR) is 100 cm³/mol. The molecule has 2 aliphatic rings. The van der Waals surface area contributed by atoms with Gasteiger partial charge in [-0.25, -0.2) is 0 Å². The lowest BCUT2D eigenvalue weighted by atomic mass is 9.94. The molecule has 1 N–H and O–H groups in total. The molecule has 1 aromatic heterocycles. The molecule has 1 aliphatic heterocycles. The van der Waals surface area contributed by atoms with Crippen molar-refractivity contribution in [1.82, 2.24) is 20.1 Å². The third-order valence-corrected chi connectivity index (χ3v) is 5.59. The van der Waals surface area contributed by atoms with Gasteiger partial charge in [0.15, 0.2) is 0 Å². The zero-order chi connectivity index (χ0) is 17.5. The molecule has 0 spiro atoms. The molecular formula is C20H32N4O. The van der Waals surface area contributed by atoms with Crippen molar-refractivity contribution in [2.45, 2.75) is 51.1 Å². The minimum atomic E-state index is 0.127. The van der Waals surface area contributed by atoms with Crippen LogP contribution in [0.5, 0.6) is 0 Å². The first-order chi connectivity index (χ1) is 12.2. The van der Waals surface area contributed by atoms with E-state index in [0.29, 0.717) is 12.5 Å². The standard InChI is InChI=1S/C20H32N4O/c1-23(14-17-6-5-10-21-12-17)16-20(25)22-13-18-9-11-24(15-18)19-7-3-2-4-8-19/h5-6,10,12,18-19H,2-4,7-9,11,13-16H2,1H3,(H,22,25)/t18-/m1/s1. The Balaban J connectivity index is 1.33. The molecule has 0 unspecified atom stereocenters. The van der Waals surface area contributed by atoms with E-state index in [1.54, 1.807) is 6.20 Å². The number of nitrogens with one attached hydrogen (secondary N) is 1. The molecule has 138 valence electrons. The quantitative estimate of drug-likeness (QED) is 0.824. The molecule has 1 aromatic rings. The Labute approximate surface area is 151 Å². The van der Waals surface area contributed by atoms with Crippen LogP contribution in [0.1, 0.15) is 44.1 Å². The van der Waals surface area contributed by atoms with E-state index in [9.17, 15) is 4.79 Å². The normalized spacial score (nSPS) is 22.4. The Morgan fingerprint density at radius 3 is 2.92 bits per heavy atom. The fraction of sp³-hybridized carbons (Fsp3) is 0.700. The zero-order valence-electron chi connectivity index (χ0n) is 15.5. The summed E-state index contributed by atoms with van der Waals surface area (Å²) in [4.78, 5) is 21.0. The average Bonchev–Trinajstić information content (AvgIpc) is 3.10. The van der Waals surface area contributed by atoms with Crippen LogP contribution in [0.25, 0.3) is 0 Å². The number of aromatic nitrogens is 1. The second-order valence-electron chi connectivity index (χ2n) is 7.78. The summed E-state index contributed by atoms with van der Waals surface area (Å²) in [5, 5.41) is 3.14. The molecule has 2 heterocycles. The summed E-state index contributed by atoms with van der Waals surface area (Å²) in [7, 11) is 1.98. The van der Waals surface area contributed by atoms with Crippen molar-refractivity contribution < 1.29 is 4.79 Å². The van der Waals surface area contributed by atoms with E-state index in [-0.39, 0.29) is 5.91 Å². The molecule has 2 fully saturated rings. The topological polar surface area (TPSA) is 48.5 Å². The maximum absolute atomic E-state index is 12.2. The van der Waals surface area contributed by atoms with E-state index < -0.39 is 0 Å². The van der Waals surface area contributed by atoms with Crippen LogP contribution in [0, 0.1) is 5.92 Å². The summed E-state index contributed by atoms with van der Waals surface area (Å²) in [6.45, 7) is 4.39. The van der Waals surface area contributed by atoms with Crippen LogP contribution in [-0.4, -0.2) is 60.0 Å². The summed E-state index contributed by atoms with van der Waals surface area (Å²) in [5.41, 5.74) is 1.14. The van der Waals surface area contributed by atoms with Crippen LogP contribution in [0.3, 0.4) is 0 Å². The van der Waals surface area contributed by atoms with Crippen LogP contribution in [-0.2, 0) is 11.3 Å². The van der Waals surface area contributed by atoms with Gasteiger partial charge in [0.1, 0.15) is 0 Å². The molecule has 1 atom stereocenters. The first kappa shape index (κ1) is 18.3. The minimum Gasteiger partial charge on any atom is -0.355 e. The number of carbonyl (C=O) groups is 1. The molecule has 1 saturated heterocycles. The van der Waals surface area contributed by atoms with Crippen molar-refractivity contribution in [1.29, 1.82) is 0 Å². The summed E-state index contributed by atoms with van der Waals surface area (Å²) >= 11 is 0. The van der Waals surface area contributed by atoms with Crippen molar-refractivity contribution in [3.63, 3.8) is 0 Å². The van der Waals surface area contributed by atoms with Crippen molar-refractivity contribution in [3.8, 4) is 0 Å². The van der Waals surface area contributed by atoms with Crippen LogP contribution in [0.15, 0.2) is 24.5 Å². The van der Waals surface area contributed by atoms with Crippen molar-refractivity contribution in [3.05, 3.63) is 30.1 Å². The molecular weight excluding hydrogens is 312 g/mol. The minimum absolute atomic E-state index is 0.127. The number of likely N-dealkylation sites (N-methyl/N-ethyl adjacent to an activating group) is 1. The van der Waals surface area contributed by atoms with Gasteiger partial charge in [0, 0.05) is 38.1 Å². The molecule has 5 nitrogen and oxygen atoms in total. The number of nitrogens with zero attached hydrogens (tertiary/aromatic N) is 3. The fourth-order valence-electron chi connectivity index (χ4n) is 4.23. The summed E-state index contributed by atoms with van der Waals surface area (Å²) < 4.78 is 0. The molecule has 25 heavy (non-hydrogen) atoms. The SMILES string of the molecule is CN(CC(=O)NC[C@H]1CCN(C2CCCCC2)C1)Cc1cccnc1. The maximum Gasteiger partial charge on any atom is 0.234 e. The molecule has 1 aliphatic carbocycles. The number of rotatable bonds is 7. The van der Waals surface area contributed by atoms with Gasteiger partial charge in [-0.1, -0.05) is 25.3 Å². The third kappa shape index (κ3) is 5.79. The molecule has 5 heteroatoms. The number of amides is 1. The van der Waals surface area contributed by atoms with Crippen LogP contribution in [0.4, 0.5) is 0 Å². The van der Waals surface area contributed by atoms with Gasteiger partial charge in [-0.3, -0.25) is 14.7 Å². The van der Waals surface area contributed by atoms with Gasteiger partial charge in [0.25, 0.3) is 0 Å². The highest BCUT2D eigenvalue weighted by molar-refractivity contribution is 5.77. The predicted octanol–water partition coefficient (Wildman–Crippen LogP) is 2.28. The Hall–Kier alpha value is -1.46. The van der Waals surface area contributed by atoms with Crippen LogP contribution in [0.2, 0.25) is 0 Å². The van der Waals surface area contributed by atoms with E-state index in [1.807, 2.05) is 30.3 Å². The Bertz CT molecular complexity index is 530. The number of hydrogen-bond acceptors (Lipinski definition) is 4. The van der Waals surface area contributed by atoms with Gasteiger partial charge in [0.05, 0.1) is 6.54 Å². The highest BCUT2D eigenvalue weighted by Crippen LogP contribution is 2.27. The summed E-state index contributed by atoms with van der Waals surface area (Å²) in [5.74, 6) is 0.747. The van der Waals surface area contributed by atoms with E-state index in [4.69, 9.17) is 0 Å². The van der Waals surface area contributed by atoms with Crippen molar-refractivity contribution >= 4 is 5.91 Å². The van der Waals surface area contributed by atoms with Gasteiger partial charge >= 0.3 is 0 Å². The second kappa shape index (κ2) is 9.30. The Kier molecular flexibility index (Phi) is 6.82. The van der Waals surface area contributed by atoms with Gasteiger partial charge in [-0.05, 0) is 50.4 Å². The van der Waals surface area contributed by atoms with E-state index >= 15 is 0 Å². The van der Waals surface area contributed by atoms with Crippen molar-refractivity contribution in [2.75, 3.05) is 33.2 Å². The largest absolute Gasteiger partial charge is 0.355 e. The van der Waals surface area contributed by atoms with Gasteiger partial charge in [-0.2, -0.15) is 0 Å². The van der Waals surface area contributed by atoms with E-state index in [2.05, 4.69) is 15.2 Å². The van der Waals surface area contributed by atoms with Gasteiger partial charge in [-0.15, -0.1) is 0 Å². The van der Waals surface area contributed by atoms with Crippen molar-refractivity contribution in [2.24, 2.45) is 5.92 Å². The summed E-state index contributed by atoms with van der Waals surface area (Å²) in [6, 6.07) is 4.78. The molecule has 3 rings (SSSR count). The van der Waals surface area contributed by atoms with Gasteiger partial charge in [0.2, 0.25) is 5.91 Å². The number of hydrogen-bond donors (Lipinski definition) is 1. The first-order valence-corrected chi connectivity index (χ1v) is 9.79. The highest BCUT2D eigenvalue weighted by Gasteiger charge is 2.29. The smallest absolute Gasteiger partial charge is 0.234 e. The van der Waals surface area contributed by atoms with Gasteiger partial charge < -0.3 is 10.2 Å². The number of carbonyl (C=O) groups excluding carboxylic acids is 1. The summed E-state index contributed by atoms with van der Waals surface area (Å²) in [6.07, 6.45) is 11.8. The maximum atomic E-state index is 12.2. The number of likely N-dealkylation sites (tertiary alicyclic amines) is 1. The van der Waals surface area contributed by atoms with Crippen LogP contribution < -0.4 is 5.32 Å². The lowest BCUT2D eigenvalue weighted by molar-refractivity contribution is -0.122. The van der Waals surface area contributed by atoms with Crippen LogP contribution >= 0.6 is 0 Å². The average molecular weight is 345 g/mol. The molecule has 0 bridgehead atoms. The molecule has 1 saturated carbocycles. The highest BCUT2D eigenvalue weighted by atomic mass is 16.2. The lowest BCUT2D eigenvalue weighted by Crippen LogP contribution is -2.39. The molecule has 0 aromatic carbocycles. The monoisotopic (exact) mass is 344 g/mol. The zero-order valence-corrected chi connectivity index (χ0v) is 15.5. The fourth-order valence-corrected chi connectivity index (χ4v) is 4.23. The Morgan fingerprint density at radius 1 is 1.32 bits per heavy atom. The first-order valence-electron chi connectivity index (χ1n) is 9.79. The molecule has 1 amide bonds. The molecule has 0 radical (unpaired) electrons. The van der Waals surface area contributed by atoms with E-state index in [1.165, 1.54) is 45.1 Å². The second-order valence-corrected chi connectivity index (χ2v) is 7.78. The van der Waals surface area contributed by atoms with E-state index in [0.717, 1.165) is 31.2 Å². The third-order valence-electron chi connectivity index (χ3n) is 5.59. The Morgan fingerprint density at radius 2 is 2.16 bits per heavy atom.